The molecule has 0 bridgehead atoms. The molecule has 0 aliphatic carbocycles. The highest BCUT2D eigenvalue weighted by molar-refractivity contribution is 9.10. The van der Waals surface area contributed by atoms with Crippen LogP contribution in [0.25, 0.3) is 0 Å². The number of benzene rings is 1. The normalized spacial score (nSPS) is 12.2. The Bertz CT molecular complexity index is 540. The fourth-order valence-corrected chi connectivity index (χ4v) is 2.02. The van der Waals surface area contributed by atoms with E-state index in [1.807, 2.05) is 43.5 Å². The Morgan fingerprint density at radius 3 is 2.56 bits per heavy atom. The van der Waals surface area contributed by atoms with E-state index in [0.717, 1.165) is 20.9 Å². The van der Waals surface area contributed by atoms with E-state index in [2.05, 4.69) is 33.2 Å². The van der Waals surface area contributed by atoms with Crippen molar-refractivity contribution in [1.29, 1.82) is 0 Å². The lowest BCUT2D eigenvalue weighted by molar-refractivity contribution is 0.874. The monoisotopic (exact) mass is 324 g/mol. The van der Waals surface area contributed by atoms with Crippen molar-refractivity contribution in [3.8, 4) is 0 Å². The molecule has 1 aromatic heterocycles. The van der Waals surface area contributed by atoms with Crippen LogP contribution in [0.5, 0.6) is 0 Å². The van der Waals surface area contributed by atoms with Crippen LogP contribution in [0.4, 0.5) is 5.82 Å². The zero-order valence-electron chi connectivity index (χ0n) is 10.2. The van der Waals surface area contributed by atoms with Crippen molar-refractivity contribution >= 4 is 33.3 Å². The molecule has 0 spiro atoms. The Balaban J connectivity index is 2.13. The molecular weight excluding hydrogens is 312 g/mol. The number of hydrogen-bond donors (Lipinski definition) is 1. The van der Waals surface area contributed by atoms with Gasteiger partial charge in [-0.2, -0.15) is 0 Å². The number of nitrogens with one attached hydrogen (secondary N) is 1. The topological polar surface area (TPSA) is 24.9 Å². The Kier molecular flexibility index (Phi) is 4.25. The van der Waals surface area contributed by atoms with Gasteiger partial charge in [-0.15, -0.1) is 0 Å². The van der Waals surface area contributed by atoms with E-state index in [1.165, 1.54) is 5.56 Å². The summed E-state index contributed by atoms with van der Waals surface area (Å²) < 4.78 is 1.02. The Morgan fingerprint density at radius 2 is 1.94 bits per heavy atom. The summed E-state index contributed by atoms with van der Waals surface area (Å²) >= 11 is 9.32. The van der Waals surface area contributed by atoms with E-state index < -0.39 is 0 Å². The van der Waals surface area contributed by atoms with E-state index in [9.17, 15) is 0 Å². The minimum atomic E-state index is 0.190. The summed E-state index contributed by atoms with van der Waals surface area (Å²) in [6.45, 7) is 4.15. The molecule has 0 saturated heterocycles. The summed E-state index contributed by atoms with van der Waals surface area (Å²) in [4.78, 5) is 4.34. The summed E-state index contributed by atoms with van der Waals surface area (Å²) in [5.41, 5.74) is 2.34. The molecule has 0 aliphatic rings. The fraction of sp³-hybridized carbons (Fsp3) is 0.214. The first-order valence-electron chi connectivity index (χ1n) is 5.70. The van der Waals surface area contributed by atoms with Crippen LogP contribution in [0.1, 0.15) is 24.1 Å². The van der Waals surface area contributed by atoms with E-state index in [1.54, 1.807) is 0 Å². The third-order valence-electron chi connectivity index (χ3n) is 2.78. The zero-order valence-corrected chi connectivity index (χ0v) is 12.6. The van der Waals surface area contributed by atoms with Gasteiger partial charge in [-0.3, -0.25) is 0 Å². The third-order valence-corrected chi connectivity index (χ3v) is 3.86. The second-order valence-electron chi connectivity index (χ2n) is 4.24. The highest BCUT2D eigenvalue weighted by Gasteiger charge is 2.06. The van der Waals surface area contributed by atoms with Crippen molar-refractivity contribution in [3.05, 3.63) is 57.2 Å². The highest BCUT2D eigenvalue weighted by Crippen LogP contribution is 2.22. The molecular formula is C14H14BrClN2. The number of rotatable bonds is 3. The number of hydrogen-bond acceptors (Lipinski definition) is 2. The molecule has 0 aliphatic heterocycles. The summed E-state index contributed by atoms with van der Waals surface area (Å²) in [5, 5.41) is 4.12. The molecule has 0 saturated carbocycles. The van der Waals surface area contributed by atoms with Crippen molar-refractivity contribution in [1.82, 2.24) is 4.98 Å². The fourth-order valence-electron chi connectivity index (χ4n) is 1.67. The second-order valence-corrected chi connectivity index (χ2v) is 5.53. The number of aryl methyl sites for hydroxylation is 1. The average Bonchev–Trinajstić information content (AvgIpc) is 2.34. The highest BCUT2D eigenvalue weighted by atomic mass is 79.9. The number of aromatic nitrogens is 1. The molecule has 2 rings (SSSR count). The predicted octanol–water partition coefficient (Wildman–Crippen LogP) is 4.98. The van der Waals surface area contributed by atoms with Crippen molar-refractivity contribution in [2.75, 3.05) is 5.32 Å². The van der Waals surface area contributed by atoms with Crippen molar-refractivity contribution in [2.24, 2.45) is 0 Å². The number of pyridine rings is 1. The summed E-state index contributed by atoms with van der Waals surface area (Å²) in [6, 6.07) is 10.0. The molecule has 1 unspecified atom stereocenters. The van der Waals surface area contributed by atoms with Gasteiger partial charge < -0.3 is 5.32 Å². The molecule has 1 heterocycles. The minimum absolute atomic E-state index is 0.190. The zero-order chi connectivity index (χ0) is 13.1. The SMILES string of the molecule is Cc1cc(NC(C)c2ccc(Cl)cc2)ncc1Br. The van der Waals surface area contributed by atoms with Gasteiger partial charge in [-0.1, -0.05) is 23.7 Å². The Morgan fingerprint density at radius 1 is 1.28 bits per heavy atom. The maximum absolute atomic E-state index is 5.88. The summed E-state index contributed by atoms with van der Waals surface area (Å²) in [6.07, 6.45) is 1.81. The van der Waals surface area contributed by atoms with E-state index >= 15 is 0 Å². The average molecular weight is 326 g/mol. The van der Waals surface area contributed by atoms with Crippen LogP contribution in [0, 0.1) is 6.92 Å². The first kappa shape index (κ1) is 13.4. The Labute approximate surface area is 121 Å². The van der Waals surface area contributed by atoms with Gasteiger partial charge in [0.2, 0.25) is 0 Å². The molecule has 4 heteroatoms. The lowest BCUT2D eigenvalue weighted by Gasteiger charge is -2.15. The molecule has 0 fully saturated rings. The molecule has 1 atom stereocenters. The quantitative estimate of drug-likeness (QED) is 0.861. The third kappa shape index (κ3) is 3.24. The number of nitrogens with zero attached hydrogens (tertiary/aromatic N) is 1. The maximum atomic E-state index is 5.88. The number of anilines is 1. The molecule has 0 amide bonds. The molecule has 94 valence electrons. The van der Waals surface area contributed by atoms with Crippen LogP contribution in [-0.2, 0) is 0 Å². The predicted molar refractivity (Wildman–Crippen MR) is 80.2 cm³/mol. The van der Waals surface area contributed by atoms with Crippen molar-refractivity contribution < 1.29 is 0 Å². The van der Waals surface area contributed by atoms with Gasteiger partial charge in [0.1, 0.15) is 5.82 Å². The first-order valence-corrected chi connectivity index (χ1v) is 6.87. The lowest BCUT2D eigenvalue weighted by Crippen LogP contribution is -2.07. The molecule has 1 aromatic carbocycles. The molecule has 1 N–H and O–H groups in total. The van der Waals surface area contributed by atoms with Crippen LogP contribution >= 0.6 is 27.5 Å². The number of halogens is 2. The van der Waals surface area contributed by atoms with Gasteiger partial charge in [0.05, 0.1) is 0 Å². The van der Waals surface area contributed by atoms with Gasteiger partial charge in [0.15, 0.2) is 0 Å². The second kappa shape index (κ2) is 5.72. The van der Waals surface area contributed by atoms with E-state index in [0.29, 0.717) is 0 Å². The van der Waals surface area contributed by atoms with Crippen molar-refractivity contribution in [2.45, 2.75) is 19.9 Å². The first-order chi connectivity index (χ1) is 8.56. The summed E-state index contributed by atoms with van der Waals surface area (Å²) in [5.74, 6) is 0.873. The van der Waals surface area contributed by atoms with Crippen molar-refractivity contribution in [3.63, 3.8) is 0 Å². The standard InChI is InChI=1S/C14H14BrClN2/c1-9-7-14(17-8-13(9)15)18-10(2)11-3-5-12(16)6-4-11/h3-8,10H,1-2H3,(H,17,18). The van der Waals surface area contributed by atoms with Crippen LogP contribution in [0.15, 0.2) is 41.0 Å². The molecule has 2 aromatic rings. The van der Waals surface area contributed by atoms with Crippen LogP contribution in [-0.4, -0.2) is 4.98 Å². The maximum Gasteiger partial charge on any atom is 0.126 e. The smallest absolute Gasteiger partial charge is 0.126 e. The molecule has 0 radical (unpaired) electrons. The van der Waals surface area contributed by atoms with Crippen LogP contribution in [0.3, 0.4) is 0 Å². The van der Waals surface area contributed by atoms with Crippen LogP contribution < -0.4 is 5.32 Å². The molecule has 2 nitrogen and oxygen atoms in total. The Hall–Kier alpha value is -1.06. The van der Waals surface area contributed by atoms with Gasteiger partial charge in [-0.25, -0.2) is 4.98 Å². The van der Waals surface area contributed by atoms with Gasteiger partial charge in [0, 0.05) is 21.7 Å². The lowest BCUT2D eigenvalue weighted by atomic mass is 10.1. The van der Waals surface area contributed by atoms with Crippen LogP contribution in [0.2, 0.25) is 5.02 Å². The van der Waals surface area contributed by atoms with E-state index in [4.69, 9.17) is 11.6 Å². The summed E-state index contributed by atoms with van der Waals surface area (Å²) in [7, 11) is 0. The van der Waals surface area contributed by atoms with Gasteiger partial charge >= 0.3 is 0 Å². The minimum Gasteiger partial charge on any atom is -0.364 e. The molecule has 18 heavy (non-hydrogen) atoms. The largest absolute Gasteiger partial charge is 0.364 e. The van der Waals surface area contributed by atoms with Gasteiger partial charge in [-0.05, 0) is 59.1 Å². The van der Waals surface area contributed by atoms with E-state index in [-0.39, 0.29) is 6.04 Å². The van der Waals surface area contributed by atoms with Gasteiger partial charge in [0.25, 0.3) is 0 Å².